The molecule has 0 aromatic heterocycles. The molecule has 0 fully saturated rings. The van der Waals surface area contributed by atoms with Gasteiger partial charge in [0.25, 0.3) is 0 Å². The first-order valence-corrected chi connectivity index (χ1v) is 3.36. The average molecular weight is 210 g/mol. The lowest BCUT2D eigenvalue weighted by Crippen LogP contribution is -2.03. The highest BCUT2D eigenvalue weighted by atomic mass is 35.5. The van der Waals surface area contributed by atoms with Gasteiger partial charge in [-0.05, 0) is 12.1 Å². The van der Waals surface area contributed by atoms with Crippen LogP contribution in [0.5, 0.6) is 11.5 Å². The molecule has 0 radical (unpaired) electrons. The van der Waals surface area contributed by atoms with Crippen LogP contribution < -0.4 is 15.5 Å². The topological polar surface area (TPSA) is 44.5 Å². The van der Waals surface area contributed by atoms with Crippen LogP contribution in [0, 0.1) is 0 Å². The highest BCUT2D eigenvalue weighted by molar-refractivity contribution is 6.30. The zero-order valence-corrected chi connectivity index (χ0v) is 7.98. The smallest absolute Gasteiger partial charge is 0.190 e. The molecular formula is C7H9Cl2NO2. The Kier molecular flexibility index (Phi) is 4.81. The van der Waals surface area contributed by atoms with Gasteiger partial charge in [-0.15, -0.1) is 12.4 Å². The maximum Gasteiger partial charge on any atom is 0.190 e. The number of nitrogens with two attached hydrogens (primary N) is 1. The van der Waals surface area contributed by atoms with E-state index < -0.39 is 0 Å². The number of benzene rings is 1. The Bertz CT molecular complexity index is 255. The SMILES string of the molecule is COc1ccc(Cl)cc1ON.Cl. The van der Waals surface area contributed by atoms with E-state index >= 15 is 0 Å². The minimum Gasteiger partial charge on any atom is -0.493 e. The molecule has 0 spiro atoms. The van der Waals surface area contributed by atoms with Crippen LogP contribution in [0.1, 0.15) is 0 Å². The molecule has 1 aromatic carbocycles. The molecule has 0 saturated heterocycles. The number of hydrogen-bond donors (Lipinski definition) is 1. The van der Waals surface area contributed by atoms with Crippen LogP contribution in [0.2, 0.25) is 5.02 Å². The van der Waals surface area contributed by atoms with Gasteiger partial charge in [0.2, 0.25) is 0 Å². The minimum absolute atomic E-state index is 0. The van der Waals surface area contributed by atoms with Gasteiger partial charge in [-0.3, -0.25) is 0 Å². The van der Waals surface area contributed by atoms with Gasteiger partial charge in [-0.25, -0.2) is 0 Å². The molecule has 0 aliphatic carbocycles. The maximum absolute atomic E-state index is 5.66. The first kappa shape index (κ1) is 11.4. The van der Waals surface area contributed by atoms with Gasteiger partial charge in [0, 0.05) is 11.1 Å². The Morgan fingerprint density at radius 2 is 2.00 bits per heavy atom. The van der Waals surface area contributed by atoms with Crippen molar-refractivity contribution in [2.45, 2.75) is 0 Å². The summed E-state index contributed by atoms with van der Waals surface area (Å²) in [5.41, 5.74) is 0. The highest BCUT2D eigenvalue weighted by Crippen LogP contribution is 2.28. The molecular weight excluding hydrogens is 201 g/mol. The molecule has 0 atom stereocenters. The standard InChI is InChI=1S/C7H8ClNO2.ClH/c1-10-6-3-2-5(8)4-7(6)11-9;/h2-4H,9H2,1H3;1H. The van der Waals surface area contributed by atoms with E-state index in [1.165, 1.54) is 7.11 Å². The third kappa shape index (κ3) is 2.44. The van der Waals surface area contributed by atoms with E-state index in [4.69, 9.17) is 22.2 Å². The predicted octanol–water partition coefficient (Wildman–Crippen LogP) is 2.02. The van der Waals surface area contributed by atoms with Crippen molar-refractivity contribution in [2.75, 3.05) is 7.11 Å². The van der Waals surface area contributed by atoms with Crippen molar-refractivity contribution < 1.29 is 9.57 Å². The number of ether oxygens (including phenoxy) is 1. The van der Waals surface area contributed by atoms with Crippen molar-refractivity contribution in [3.63, 3.8) is 0 Å². The van der Waals surface area contributed by atoms with Crippen molar-refractivity contribution in [2.24, 2.45) is 5.90 Å². The lowest BCUT2D eigenvalue weighted by atomic mass is 10.3. The summed E-state index contributed by atoms with van der Waals surface area (Å²) in [4.78, 5) is 4.51. The maximum atomic E-state index is 5.66. The van der Waals surface area contributed by atoms with E-state index in [0.29, 0.717) is 16.5 Å². The van der Waals surface area contributed by atoms with Crippen LogP contribution in [-0.2, 0) is 0 Å². The van der Waals surface area contributed by atoms with E-state index in [1.54, 1.807) is 18.2 Å². The minimum atomic E-state index is 0. The number of methoxy groups -OCH3 is 1. The van der Waals surface area contributed by atoms with Crippen molar-refractivity contribution in [1.82, 2.24) is 0 Å². The van der Waals surface area contributed by atoms with Gasteiger partial charge in [0.1, 0.15) is 0 Å². The van der Waals surface area contributed by atoms with Crippen molar-refractivity contribution in [1.29, 1.82) is 0 Å². The van der Waals surface area contributed by atoms with Crippen LogP contribution >= 0.6 is 24.0 Å². The molecule has 0 unspecified atom stereocenters. The Labute approximate surface area is 81.8 Å². The van der Waals surface area contributed by atoms with E-state index in [9.17, 15) is 0 Å². The van der Waals surface area contributed by atoms with E-state index in [2.05, 4.69) is 4.84 Å². The molecule has 0 bridgehead atoms. The zero-order valence-electron chi connectivity index (χ0n) is 6.41. The molecule has 0 heterocycles. The van der Waals surface area contributed by atoms with Crippen molar-refractivity contribution >= 4 is 24.0 Å². The molecule has 2 N–H and O–H groups in total. The second-order valence-electron chi connectivity index (χ2n) is 1.91. The van der Waals surface area contributed by atoms with Gasteiger partial charge in [0.15, 0.2) is 11.5 Å². The molecule has 0 aliphatic rings. The van der Waals surface area contributed by atoms with Crippen LogP contribution in [0.3, 0.4) is 0 Å². The molecule has 3 nitrogen and oxygen atoms in total. The van der Waals surface area contributed by atoms with E-state index in [0.717, 1.165) is 0 Å². The molecule has 0 amide bonds. The average Bonchev–Trinajstić information content (AvgIpc) is 2.04. The van der Waals surface area contributed by atoms with Crippen LogP contribution in [0.15, 0.2) is 18.2 Å². The first-order chi connectivity index (χ1) is 5.27. The summed E-state index contributed by atoms with van der Waals surface area (Å²) in [5, 5.41) is 0.561. The van der Waals surface area contributed by atoms with Crippen LogP contribution in [0.25, 0.3) is 0 Å². The molecule has 0 aliphatic heterocycles. The summed E-state index contributed by atoms with van der Waals surface area (Å²) in [7, 11) is 1.53. The third-order valence-electron chi connectivity index (χ3n) is 1.25. The monoisotopic (exact) mass is 209 g/mol. The van der Waals surface area contributed by atoms with Crippen molar-refractivity contribution in [3.8, 4) is 11.5 Å². The fraction of sp³-hybridized carbons (Fsp3) is 0.143. The summed E-state index contributed by atoms with van der Waals surface area (Å²) < 4.78 is 4.93. The molecule has 5 heteroatoms. The van der Waals surface area contributed by atoms with Gasteiger partial charge >= 0.3 is 0 Å². The predicted molar refractivity (Wildman–Crippen MR) is 50.1 cm³/mol. The lowest BCUT2D eigenvalue weighted by Gasteiger charge is -2.05. The molecule has 68 valence electrons. The number of hydrogen-bond acceptors (Lipinski definition) is 3. The molecule has 0 saturated carbocycles. The Morgan fingerprint density at radius 3 is 2.50 bits per heavy atom. The summed E-state index contributed by atoms with van der Waals surface area (Å²) >= 11 is 5.66. The van der Waals surface area contributed by atoms with Crippen molar-refractivity contribution in [3.05, 3.63) is 23.2 Å². The summed E-state index contributed by atoms with van der Waals surface area (Å²) in [6, 6.07) is 4.97. The molecule has 1 aromatic rings. The van der Waals surface area contributed by atoms with Gasteiger partial charge < -0.3 is 9.57 Å². The zero-order chi connectivity index (χ0) is 8.27. The summed E-state index contributed by atoms with van der Waals surface area (Å²) in [5.74, 6) is 5.95. The summed E-state index contributed by atoms with van der Waals surface area (Å²) in [6.45, 7) is 0. The third-order valence-corrected chi connectivity index (χ3v) is 1.49. The fourth-order valence-electron chi connectivity index (χ4n) is 0.743. The Hall–Kier alpha value is -0.640. The molecule has 1 rings (SSSR count). The van der Waals surface area contributed by atoms with Crippen LogP contribution in [-0.4, -0.2) is 7.11 Å². The van der Waals surface area contributed by atoms with E-state index in [1.807, 2.05) is 0 Å². The number of rotatable bonds is 2. The second-order valence-corrected chi connectivity index (χ2v) is 2.35. The summed E-state index contributed by atoms with van der Waals surface area (Å²) in [6.07, 6.45) is 0. The van der Waals surface area contributed by atoms with Gasteiger partial charge in [0.05, 0.1) is 7.11 Å². The highest BCUT2D eigenvalue weighted by Gasteiger charge is 2.02. The lowest BCUT2D eigenvalue weighted by molar-refractivity contribution is 0.306. The largest absolute Gasteiger partial charge is 0.493 e. The second kappa shape index (κ2) is 5.09. The van der Waals surface area contributed by atoms with Gasteiger partial charge in [-0.2, -0.15) is 5.90 Å². The van der Waals surface area contributed by atoms with Gasteiger partial charge in [-0.1, -0.05) is 11.6 Å². The quantitative estimate of drug-likeness (QED) is 0.759. The van der Waals surface area contributed by atoms with E-state index in [-0.39, 0.29) is 12.4 Å². The fourth-order valence-corrected chi connectivity index (χ4v) is 0.905. The normalized spacial score (nSPS) is 8.58. The van der Waals surface area contributed by atoms with Crippen LogP contribution in [0.4, 0.5) is 0 Å². The number of halogens is 2. The Morgan fingerprint density at radius 1 is 1.33 bits per heavy atom. The molecule has 12 heavy (non-hydrogen) atoms. The first-order valence-electron chi connectivity index (χ1n) is 2.98. The Balaban J connectivity index is 0.00000121.